The Hall–Kier alpha value is -3.79. The maximum Gasteiger partial charge on any atom is 0.252 e. The van der Waals surface area contributed by atoms with E-state index >= 15 is 0 Å². The average Bonchev–Trinajstić information content (AvgIpc) is 2.72. The van der Waals surface area contributed by atoms with Crippen molar-refractivity contribution in [3.63, 3.8) is 0 Å². The van der Waals surface area contributed by atoms with Crippen LogP contribution in [0, 0.1) is 18.3 Å². The van der Waals surface area contributed by atoms with Gasteiger partial charge in [0, 0.05) is 11.3 Å². The summed E-state index contributed by atoms with van der Waals surface area (Å²) in [5, 5.41) is 6.56. The van der Waals surface area contributed by atoms with E-state index in [0.717, 1.165) is 0 Å². The molecule has 0 saturated carbocycles. The van der Waals surface area contributed by atoms with Crippen molar-refractivity contribution in [3.05, 3.63) is 54.1 Å². The third kappa shape index (κ3) is 5.88. The highest BCUT2D eigenvalue weighted by atomic mass is 16.5. The molecule has 7 heteroatoms. The highest BCUT2D eigenvalue weighted by molar-refractivity contribution is 6.06. The number of ether oxygens (including phenoxy) is 2. The third-order valence-electron chi connectivity index (χ3n) is 3.75. The second-order valence-corrected chi connectivity index (χ2v) is 5.70. The van der Waals surface area contributed by atoms with Crippen molar-refractivity contribution in [1.29, 1.82) is 0 Å². The van der Waals surface area contributed by atoms with Crippen LogP contribution in [0.3, 0.4) is 0 Å². The number of nitrogens with zero attached hydrogens (tertiary/aromatic N) is 1. The third-order valence-corrected chi connectivity index (χ3v) is 3.75. The maximum atomic E-state index is 12.2. The van der Waals surface area contributed by atoms with Gasteiger partial charge in [-0.1, -0.05) is 18.1 Å². The number of hydrogen-bond donors (Lipinski definition) is 2. The zero-order valence-corrected chi connectivity index (χ0v) is 15.6. The van der Waals surface area contributed by atoms with Gasteiger partial charge < -0.3 is 14.8 Å². The Morgan fingerprint density at radius 2 is 1.89 bits per heavy atom. The van der Waals surface area contributed by atoms with Crippen molar-refractivity contribution in [3.8, 4) is 23.8 Å². The molecule has 0 saturated heterocycles. The number of carbonyl (C=O) groups is 2. The first kappa shape index (κ1) is 20.5. The van der Waals surface area contributed by atoms with Crippen LogP contribution in [0.2, 0.25) is 0 Å². The van der Waals surface area contributed by atoms with E-state index in [-0.39, 0.29) is 6.61 Å². The minimum atomic E-state index is -0.938. The van der Waals surface area contributed by atoms with Gasteiger partial charge in [0.05, 0.1) is 13.3 Å². The van der Waals surface area contributed by atoms with E-state index in [1.54, 1.807) is 55.6 Å². The Labute approximate surface area is 163 Å². The van der Waals surface area contributed by atoms with Gasteiger partial charge >= 0.3 is 0 Å². The SMILES string of the molecule is C#CCOc1ccccc1C=NNC(=O)C(C)C(=O)Nc1ccc(OC)cc1. The average molecular weight is 379 g/mol. The molecule has 2 aromatic rings. The van der Waals surface area contributed by atoms with E-state index < -0.39 is 17.7 Å². The summed E-state index contributed by atoms with van der Waals surface area (Å²) in [6.45, 7) is 1.62. The van der Waals surface area contributed by atoms with Gasteiger partial charge in [0.15, 0.2) is 0 Å². The molecule has 0 radical (unpaired) electrons. The number of hydrazone groups is 1. The fraction of sp³-hybridized carbons (Fsp3) is 0.190. The Bertz CT molecular complexity index is 885. The zero-order chi connectivity index (χ0) is 20.4. The Kier molecular flexibility index (Phi) is 7.61. The summed E-state index contributed by atoms with van der Waals surface area (Å²) in [4.78, 5) is 24.4. The number of rotatable bonds is 8. The van der Waals surface area contributed by atoms with Crippen LogP contribution in [0.1, 0.15) is 12.5 Å². The van der Waals surface area contributed by atoms with Crippen LogP contribution in [0.5, 0.6) is 11.5 Å². The molecule has 0 heterocycles. The van der Waals surface area contributed by atoms with Crippen molar-refractivity contribution < 1.29 is 19.1 Å². The molecule has 2 aromatic carbocycles. The summed E-state index contributed by atoms with van der Waals surface area (Å²) in [5.41, 5.74) is 3.56. The Balaban J connectivity index is 1.92. The smallest absolute Gasteiger partial charge is 0.252 e. The molecule has 0 aliphatic rings. The summed E-state index contributed by atoms with van der Waals surface area (Å²) in [7, 11) is 1.56. The Morgan fingerprint density at radius 3 is 2.57 bits per heavy atom. The highest BCUT2D eigenvalue weighted by Crippen LogP contribution is 2.16. The second kappa shape index (κ2) is 10.4. The van der Waals surface area contributed by atoms with Crippen molar-refractivity contribution in [1.82, 2.24) is 5.43 Å². The molecule has 0 aliphatic carbocycles. The van der Waals surface area contributed by atoms with Gasteiger partial charge in [-0.05, 0) is 43.3 Å². The second-order valence-electron chi connectivity index (χ2n) is 5.70. The van der Waals surface area contributed by atoms with E-state index in [9.17, 15) is 9.59 Å². The van der Waals surface area contributed by atoms with Crippen molar-refractivity contribution in [2.75, 3.05) is 19.0 Å². The molecule has 0 aromatic heterocycles. The van der Waals surface area contributed by atoms with Crippen molar-refractivity contribution in [2.24, 2.45) is 11.0 Å². The monoisotopic (exact) mass is 379 g/mol. The van der Waals surface area contributed by atoms with Crippen LogP contribution >= 0.6 is 0 Å². The maximum absolute atomic E-state index is 12.2. The number of amides is 2. The van der Waals surface area contributed by atoms with Crippen LogP contribution in [-0.4, -0.2) is 31.7 Å². The molecule has 144 valence electrons. The lowest BCUT2D eigenvalue weighted by Gasteiger charge is -2.11. The molecule has 0 aliphatic heterocycles. The molecule has 0 bridgehead atoms. The lowest BCUT2D eigenvalue weighted by atomic mass is 10.1. The van der Waals surface area contributed by atoms with Crippen molar-refractivity contribution in [2.45, 2.75) is 6.92 Å². The van der Waals surface area contributed by atoms with Gasteiger partial charge in [-0.25, -0.2) is 5.43 Å². The quantitative estimate of drug-likeness (QED) is 0.319. The fourth-order valence-electron chi connectivity index (χ4n) is 2.14. The summed E-state index contributed by atoms with van der Waals surface area (Å²) in [5.74, 6) is 1.68. The van der Waals surface area contributed by atoms with Crippen LogP contribution < -0.4 is 20.2 Å². The first-order chi connectivity index (χ1) is 13.5. The van der Waals surface area contributed by atoms with E-state index in [2.05, 4.69) is 21.8 Å². The van der Waals surface area contributed by atoms with Gasteiger partial charge in [-0.3, -0.25) is 9.59 Å². The van der Waals surface area contributed by atoms with E-state index in [4.69, 9.17) is 15.9 Å². The minimum Gasteiger partial charge on any atom is -0.497 e. The van der Waals surface area contributed by atoms with Crippen LogP contribution in [0.4, 0.5) is 5.69 Å². The summed E-state index contributed by atoms with van der Waals surface area (Å²) < 4.78 is 10.5. The molecule has 1 atom stereocenters. The molecule has 0 spiro atoms. The number of hydrogen-bond acceptors (Lipinski definition) is 5. The lowest BCUT2D eigenvalue weighted by molar-refractivity contribution is -0.131. The number of methoxy groups -OCH3 is 1. The number of carbonyl (C=O) groups excluding carboxylic acids is 2. The predicted octanol–water partition coefficient (Wildman–Crippen LogP) is 2.43. The first-order valence-corrected chi connectivity index (χ1v) is 8.48. The van der Waals surface area contributed by atoms with Gasteiger partial charge in [-0.2, -0.15) is 5.10 Å². The fourth-order valence-corrected chi connectivity index (χ4v) is 2.14. The highest BCUT2D eigenvalue weighted by Gasteiger charge is 2.21. The van der Waals surface area contributed by atoms with Gasteiger partial charge in [0.1, 0.15) is 24.0 Å². The molecular formula is C21H21N3O4. The molecule has 2 rings (SSSR count). The standard InChI is InChI=1S/C21H21N3O4/c1-4-13-28-19-8-6-5-7-16(19)14-22-24-21(26)15(2)20(25)23-17-9-11-18(27-3)12-10-17/h1,5-12,14-15H,13H2,2-3H3,(H,23,25)(H,24,26). The molecule has 0 fully saturated rings. The zero-order valence-electron chi connectivity index (χ0n) is 15.6. The van der Waals surface area contributed by atoms with Crippen LogP contribution in [0.25, 0.3) is 0 Å². The molecule has 2 amide bonds. The topological polar surface area (TPSA) is 89.0 Å². The molecule has 1 unspecified atom stereocenters. The number of anilines is 1. The first-order valence-electron chi connectivity index (χ1n) is 8.48. The molecule has 7 nitrogen and oxygen atoms in total. The molecular weight excluding hydrogens is 358 g/mol. The van der Waals surface area contributed by atoms with E-state index in [0.29, 0.717) is 22.7 Å². The summed E-state index contributed by atoms with van der Waals surface area (Å²) in [6, 6.07) is 13.9. The summed E-state index contributed by atoms with van der Waals surface area (Å²) in [6.07, 6.45) is 6.62. The summed E-state index contributed by atoms with van der Waals surface area (Å²) >= 11 is 0. The number of para-hydroxylation sites is 1. The normalized spacial score (nSPS) is 11.3. The van der Waals surface area contributed by atoms with Gasteiger partial charge in [0.25, 0.3) is 5.91 Å². The minimum absolute atomic E-state index is 0.125. The Morgan fingerprint density at radius 1 is 1.18 bits per heavy atom. The van der Waals surface area contributed by atoms with E-state index in [1.807, 2.05) is 0 Å². The van der Waals surface area contributed by atoms with Gasteiger partial charge in [0.2, 0.25) is 5.91 Å². The lowest BCUT2D eigenvalue weighted by Crippen LogP contribution is -2.34. The van der Waals surface area contributed by atoms with Crippen molar-refractivity contribution >= 4 is 23.7 Å². The number of nitrogens with one attached hydrogen (secondary N) is 2. The van der Waals surface area contributed by atoms with E-state index in [1.165, 1.54) is 13.1 Å². The van der Waals surface area contributed by atoms with Gasteiger partial charge in [-0.15, -0.1) is 6.42 Å². The number of benzene rings is 2. The largest absolute Gasteiger partial charge is 0.497 e. The molecule has 2 N–H and O–H groups in total. The van der Waals surface area contributed by atoms with Crippen LogP contribution in [-0.2, 0) is 9.59 Å². The number of terminal acetylenes is 1. The van der Waals surface area contributed by atoms with Crippen LogP contribution in [0.15, 0.2) is 53.6 Å². The molecule has 28 heavy (non-hydrogen) atoms. The predicted molar refractivity (Wildman–Crippen MR) is 107 cm³/mol.